The Morgan fingerprint density at radius 3 is 2.90 bits per heavy atom. The summed E-state index contributed by atoms with van der Waals surface area (Å²) in [6.45, 7) is 0. The second kappa shape index (κ2) is 5.17. The summed E-state index contributed by atoms with van der Waals surface area (Å²) in [4.78, 5) is 14.9. The van der Waals surface area contributed by atoms with E-state index in [1.165, 1.54) is 12.3 Å². The van der Waals surface area contributed by atoms with Crippen LogP contribution in [0.4, 0.5) is 9.57 Å². The molecule has 0 spiro atoms. The average Bonchev–Trinajstić information content (AvgIpc) is 2.90. The standard InChI is InChI=1S/C12H8BFN4O2S/c13-7-4-11(18(19)20)12(15-5-7)8-2-1-3-10-9(8)6-16-17(10)21-14/h1-6H,13H2. The molecule has 6 nitrogen and oxygen atoms in total. The lowest BCUT2D eigenvalue weighted by molar-refractivity contribution is -0.384. The number of pyridine rings is 1. The summed E-state index contributed by atoms with van der Waals surface area (Å²) < 4.78 is 13.9. The lowest BCUT2D eigenvalue weighted by atomic mass is 9.96. The van der Waals surface area contributed by atoms with Crippen molar-refractivity contribution in [3.05, 3.63) is 46.8 Å². The summed E-state index contributed by atoms with van der Waals surface area (Å²) in [5, 5.41) is 15.7. The van der Waals surface area contributed by atoms with Crippen molar-refractivity contribution in [3.63, 3.8) is 0 Å². The molecule has 3 aromatic rings. The maximum Gasteiger partial charge on any atom is 0.294 e. The number of fused-ring (bicyclic) bond motifs is 1. The third-order valence-electron chi connectivity index (χ3n) is 3.10. The molecule has 0 aliphatic rings. The number of aromatic nitrogens is 3. The average molecular weight is 302 g/mol. The maximum absolute atomic E-state index is 12.8. The molecule has 0 atom stereocenters. The molecular formula is C12H8BFN4O2S. The zero-order valence-electron chi connectivity index (χ0n) is 10.9. The number of halogens is 1. The molecule has 104 valence electrons. The fourth-order valence-corrected chi connectivity index (χ4v) is 2.51. The van der Waals surface area contributed by atoms with Crippen LogP contribution in [0.5, 0.6) is 0 Å². The van der Waals surface area contributed by atoms with E-state index in [4.69, 9.17) is 0 Å². The highest BCUT2D eigenvalue weighted by Gasteiger charge is 2.20. The van der Waals surface area contributed by atoms with Gasteiger partial charge >= 0.3 is 0 Å². The zero-order valence-corrected chi connectivity index (χ0v) is 11.7. The molecule has 2 heterocycles. The van der Waals surface area contributed by atoms with E-state index in [-0.39, 0.29) is 23.7 Å². The van der Waals surface area contributed by atoms with E-state index in [0.717, 1.165) is 4.09 Å². The maximum atomic E-state index is 12.8. The smallest absolute Gasteiger partial charge is 0.258 e. The van der Waals surface area contributed by atoms with E-state index in [1.807, 2.05) is 0 Å². The van der Waals surface area contributed by atoms with Crippen molar-refractivity contribution in [2.75, 3.05) is 0 Å². The normalized spacial score (nSPS) is 10.9. The number of rotatable bonds is 3. The third kappa shape index (κ3) is 2.25. The molecule has 0 radical (unpaired) electrons. The van der Waals surface area contributed by atoms with Gasteiger partial charge in [-0.2, -0.15) is 9.19 Å². The quantitative estimate of drug-likeness (QED) is 0.418. The SMILES string of the molecule is Bc1cnc(-c2cccc3c2cnn3SF)c([N+](=O)[O-])c1. The molecule has 0 amide bonds. The molecule has 1 aromatic carbocycles. The van der Waals surface area contributed by atoms with Gasteiger partial charge in [-0.1, -0.05) is 17.6 Å². The molecule has 3 rings (SSSR count). The molecular weight excluding hydrogens is 294 g/mol. The Labute approximate surface area is 124 Å². The van der Waals surface area contributed by atoms with Crippen molar-refractivity contribution < 1.29 is 8.81 Å². The highest BCUT2D eigenvalue weighted by atomic mass is 32.2. The lowest BCUT2D eigenvalue weighted by Crippen LogP contribution is -2.07. The van der Waals surface area contributed by atoms with Gasteiger partial charge in [0.15, 0.2) is 12.3 Å². The number of benzene rings is 1. The van der Waals surface area contributed by atoms with E-state index in [9.17, 15) is 14.0 Å². The highest BCUT2D eigenvalue weighted by molar-refractivity contribution is 7.92. The van der Waals surface area contributed by atoms with Gasteiger partial charge in [-0.3, -0.25) is 10.1 Å². The lowest BCUT2D eigenvalue weighted by Gasteiger charge is -2.05. The van der Waals surface area contributed by atoms with Crippen molar-refractivity contribution in [2.24, 2.45) is 0 Å². The van der Waals surface area contributed by atoms with Crippen LogP contribution in [0.3, 0.4) is 0 Å². The van der Waals surface area contributed by atoms with Crippen LogP contribution in [0.1, 0.15) is 0 Å². The predicted molar refractivity (Wildman–Crippen MR) is 81.9 cm³/mol. The Morgan fingerprint density at radius 2 is 2.19 bits per heavy atom. The van der Waals surface area contributed by atoms with E-state index >= 15 is 0 Å². The van der Waals surface area contributed by atoms with Crippen LogP contribution < -0.4 is 5.46 Å². The predicted octanol–water partition coefficient (Wildman–Crippen LogP) is 1.65. The minimum Gasteiger partial charge on any atom is -0.258 e. The largest absolute Gasteiger partial charge is 0.294 e. The van der Waals surface area contributed by atoms with E-state index in [2.05, 4.69) is 10.1 Å². The van der Waals surface area contributed by atoms with Crippen LogP contribution in [-0.2, 0) is 0 Å². The first-order valence-corrected chi connectivity index (χ1v) is 6.66. The number of hydrogen-bond acceptors (Lipinski definition) is 5. The third-order valence-corrected chi connectivity index (χ3v) is 3.52. The first-order chi connectivity index (χ1) is 10.1. The van der Waals surface area contributed by atoms with E-state index < -0.39 is 4.92 Å². The van der Waals surface area contributed by atoms with E-state index in [1.54, 1.807) is 32.2 Å². The molecule has 21 heavy (non-hydrogen) atoms. The second-order valence-corrected chi connectivity index (χ2v) is 4.95. The van der Waals surface area contributed by atoms with Crippen molar-refractivity contribution in [3.8, 4) is 11.3 Å². The van der Waals surface area contributed by atoms with Gasteiger partial charge in [0.2, 0.25) is 0 Å². The first-order valence-electron chi connectivity index (χ1n) is 5.99. The Kier molecular flexibility index (Phi) is 3.34. The van der Waals surface area contributed by atoms with Gasteiger partial charge in [0.05, 0.1) is 16.6 Å². The number of hydrogen-bond donors (Lipinski definition) is 0. The Balaban J connectivity index is 2.31. The molecule has 0 saturated carbocycles. The van der Waals surface area contributed by atoms with Crippen molar-refractivity contribution >= 4 is 42.2 Å². The van der Waals surface area contributed by atoms with Gasteiger partial charge in [-0.05, 0) is 6.07 Å². The van der Waals surface area contributed by atoms with E-state index in [0.29, 0.717) is 21.9 Å². The Bertz CT molecular complexity index is 854. The Hall–Kier alpha value is -2.42. The van der Waals surface area contributed by atoms with Gasteiger partial charge in [0.25, 0.3) is 5.69 Å². The summed E-state index contributed by atoms with van der Waals surface area (Å²) in [6.07, 6.45) is 3.04. The molecule has 0 aliphatic carbocycles. The summed E-state index contributed by atoms with van der Waals surface area (Å²) in [6, 6.07) is 6.56. The summed E-state index contributed by atoms with van der Waals surface area (Å²) in [7, 11) is 1.74. The van der Waals surface area contributed by atoms with Gasteiger partial charge in [-0.25, -0.2) is 4.98 Å². The number of nitro groups is 1. The molecule has 0 aliphatic heterocycles. The van der Waals surface area contributed by atoms with Crippen molar-refractivity contribution in [1.82, 2.24) is 14.2 Å². The van der Waals surface area contributed by atoms with Crippen LogP contribution in [0.2, 0.25) is 0 Å². The molecule has 0 saturated heterocycles. The minimum atomic E-state index is -0.470. The molecule has 0 fully saturated rings. The van der Waals surface area contributed by atoms with Crippen LogP contribution in [0, 0.1) is 10.1 Å². The Morgan fingerprint density at radius 1 is 1.38 bits per heavy atom. The highest BCUT2D eigenvalue weighted by Crippen LogP contribution is 2.33. The van der Waals surface area contributed by atoms with Gasteiger partial charge in [0, 0.05) is 23.2 Å². The second-order valence-electron chi connectivity index (χ2n) is 4.46. The zero-order chi connectivity index (χ0) is 15.0. The first kappa shape index (κ1) is 13.6. The molecule has 0 bridgehead atoms. The summed E-state index contributed by atoms with van der Waals surface area (Å²) in [5.74, 6) is 0. The van der Waals surface area contributed by atoms with Crippen LogP contribution in [0.15, 0.2) is 36.7 Å². The van der Waals surface area contributed by atoms with Gasteiger partial charge in [0.1, 0.15) is 13.5 Å². The van der Waals surface area contributed by atoms with Gasteiger partial charge < -0.3 is 0 Å². The van der Waals surface area contributed by atoms with Crippen LogP contribution >= 0.6 is 12.3 Å². The van der Waals surface area contributed by atoms with Crippen molar-refractivity contribution in [1.29, 1.82) is 0 Å². The van der Waals surface area contributed by atoms with Crippen LogP contribution in [-0.4, -0.2) is 26.9 Å². The molecule has 9 heteroatoms. The monoisotopic (exact) mass is 302 g/mol. The molecule has 0 N–H and O–H groups in total. The fraction of sp³-hybridized carbons (Fsp3) is 0. The van der Waals surface area contributed by atoms with Crippen LogP contribution in [0.25, 0.3) is 22.2 Å². The minimum absolute atomic E-state index is 0.0269. The number of nitrogens with zero attached hydrogens (tertiary/aromatic N) is 4. The van der Waals surface area contributed by atoms with Gasteiger partial charge in [-0.15, -0.1) is 3.89 Å². The summed E-state index contributed by atoms with van der Waals surface area (Å²) >= 11 is -0.0269. The van der Waals surface area contributed by atoms with Crippen molar-refractivity contribution in [2.45, 2.75) is 0 Å². The molecule has 0 unspecified atom stereocenters. The molecule has 2 aromatic heterocycles. The fourth-order valence-electron chi connectivity index (χ4n) is 2.19. The topological polar surface area (TPSA) is 73.8 Å². The summed E-state index contributed by atoms with van der Waals surface area (Å²) in [5.41, 5.74) is 1.96.